The summed E-state index contributed by atoms with van der Waals surface area (Å²) >= 11 is 0. The lowest BCUT2D eigenvalue weighted by Gasteiger charge is -2.02. The summed E-state index contributed by atoms with van der Waals surface area (Å²) in [6.45, 7) is 1.78. The number of nitrogens with zero attached hydrogens (tertiary/aromatic N) is 3. The van der Waals surface area contributed by atoms with Gasteiger partial charge in [0.2, 0.25) is 0 Å². The van der Waals surface area contributed by atoms with E-state index in [1.165, 1.54) is 10.7 Å². The predicted octanol–water partition coefficient (Wildman–Crippen LogP) is 0.840. The van der Waals surface area contributed by atoms with Crippen molar-refractivity contribution in [2.24, 2.45) is 0 Å². The first-order chi connectivity index (χ1) is 10.1. The summed E-state index contributed by atoms with van der Waals surface area (Å²) in [5.41, 5.74) is 1.27. The van der Waals surface area contributed by atoms with E-state index in [9.17, 15) is 9.90 Å². The maximum absolute atomic E-state index is 12.3. The van der Waals surface area contributed by atoms with Gasteiger partial charge in [-0.1, -0.05) is 0 Å². The second kappa shape index (κ2) is 4.90. The molecule has 106 valence electrons. The minimum atomic E-state index is -0.401. The fourth-order valence-corrected chi connectivity index (χ4v) is 2.09. The van der Waals surface area contributed by atoms with Gasteiger partial charge in [0.05, 0.1) is 12.8 Å². The third kappa shape index (κ3) is 2.20. The molecule has 0 aliphatic rings. The van der Waals surface area contributed by atoms with E-state index in [2.05, 4.69) is 10.1 Å². The number of methoxy groups -OCH3 is 1. The molecule has 0 saturated heterocycles. The molecule has 0 amide bonds. The molecule has 0 spiro atoms. The first-order valence-electron chi connectivity index (χ1n) is 6.33. The lowest BCUT2D eigenvalue weighted by molar-refractivity contribution is 0.414. The van der Waals surface area contributed by atoms with Gasteiger partial charge in [0.15, 0.2) is 5.65 Å². The van der Waals surface area contributed by atoms with Crippen molar-refractivity contribution in [1.29, 1.82) is 0 Å². The summed E-state index contributed by atoms with van der Waals surface area (Å²) in [5, 5.41) is 14.5. The van der Waals surface area contributed by atoms with E-state index in [4.69, 9.17) is 4.74 Å². The van der Waals surface area contributed by atoms with Crippen LogP contribution >= 0.6 is 0 Å². The molecule has 3 rings (SSSR count). The van der Waals surface area contributed by atoms with Crippen LogP contribution in [0, 0.1) is 6.92 Å². The van der Waals surface area contributed by atoms with Crippen molar-refractivity contribution in [2.75, 3.05) is 7.11 Å². The van der Waals surface area contributed by atoms with E-state index in [1.54, 1.807) is 44.4 Å². The average molecular weight is 283 g/mol. The van der Waals surface area contributed by atoms with Gasteiger partial charge in [-0.3, -0.25) is 4.79 Å². The van der Waals surface area contributed by atoms with Gasteiger partial charge in [0.25, 0.3) is 5.56 Å². The molecule has 0 unspecified atom stereocenters. The van der Waals surface area contributed by atoms with Crippen molar-refractivity contribution in [2.45, 2.75) is 6.92 Å². The molecule has 21 heavy (non-hydrogen) atoms. The van der Waals surface area contributed by atoms with Crippen LogP contribution in [0.4, 0.5) is 0 Å². The highest BCUT2D eigenvalue weighted by Crippen LogP contribution is 2.14. The Balaban J connectivity index is 2.24. The SMILES string of the molecule is COc1ccc(/C(O)=c2\cnc3cc(C)nn3c2=O)cc1. The minimum Gasteiger partial charge on any atom is -0.506 e. The number of fused-ring (bicyclic) bond motifs is 1. The molecule has 0 aliphatic carbocycles. The van der Waals surface area contributed by atoms with E-state index in [0.29, 0.717) is 22.7 Å². The number of ether oxygens (including phenoxy) is 1. The first kappa shape index (κ1) is 13.1. The number of rotatable bonds is 2. The molecule has 2 heterocycles. The van der Waals surface area contributed by atoms with E-state index in [-0.39, 0.29) is 11.0 Å². The number of aliphatic hydroxyl groups excluding tert-OH is 1. The van der Waals surface area contributed by atoms with Gasteiger partial charge in [-0.15, -0.1) is 0 Å². The number of aliphatic hydroxyl groups is 1. The van der Waals surface area contributed by atoms with Crippen LogP contribution in [-0.4, -0.2) is 26.8 Å². The highest BCUT2D eigenvalue weighted by atomic mass is 16.5. The Morgan fingerprint density at radius 3 is 2.67 bits per heavy atom. The van der Waals surface area contributed by atoms with Crippen molar-refractivity contribution >= 4 is 11.4 Å². The maximum atomic E-state index is 12.3. The predicted molar refractivity (Wildman–Crippen MR) is 77.3 cm³/mol. The molecule has 0 bridgehead atoms. The van der Waals surface area contributed by atoms with Crippen LogP contribution in [0.3, 0.4) is 0 Å². The Morgan fingerprint density at radius 2 is 2.00 bits per heavy atom. The van der Waals surface area contributed by atoms with E-state index >= 15 is 0 Å². The van der Waals surface area contributed by atoms with Crippen molar-refractivity contribution in [1.82, 2.24) is 14.6 Å². The number of hydrogen-bond acceptors (Lipinski definition) is 5. The third-order valence-corrected chi connectivity index (χ3v) is 3.18. The first-order valence-corrected chi connectivity index (χ1v) is 6.33. The summed E-state index contributed by atoms with van der Waals surface area (Å²) in [6.07, 6.45) is 1.36. The van der Waals surface area contributed by atoms with Gasteiger partial charge >= 0.3 is 0 Å². The van der Waals surface area contributed by atoms with E-state index in [0.717, 1.165) is 0 Å². The van der Waals surface area contributed by atoms with Crippen LogP contribution in [0.15, 0.2) is 41.3 Å². The van der Waals surface area contributed by atoms with Crippen LogP contribution in [0.2, 0.25) is 0 Å². The zero-order valence-corrected chi connectivity index (χ0v) is 11.6. The Hall–Kier alpha value is -2.89. The van der Waals surface area contributed by atoms with E-state index < -0.39 is 5.56 Å². The van der Waals surface area contributed by atoms with Gasteiger partial charge in [0, 0.05) is 17.8 Å². The minimum absolute atomic E-state index is 0.107. The molecule has 1 aromatic carbocycles. The molecule has 3 aromatic rings. The Kier molecular flexibility index (Phi) is 3.06. The van der Waals surface area contributed by atoms with Gasteiger partial charge in [0.1, 0.15) is 16.7 Å². The smallest absolute Gasteiger partial charge is 0.285 e. The molecule has 0 radical (unpaired) electrons. The summed E-state index contributed by atoms with van der Waals surface area (Å²) < 4.78 is 6.24. The van der Waals surface area contributed by atoms with Crippen molar-refractivity contribution < 1.29 is 9.84 Å². The number of benzene rings is 1. The highest BCUT2D eigenvalue weighted by molar-refractivity contribution is 5.59. The van der Waals surface area contributed by atoms with Crippen LogP contribution < -0.4 is 15.5 Å². The molecule has 2 aromatic heterocycles. The third-order valence-electron chi connectivity index (χ3n) is 3.18. The van der Waals surface area contributed by atoms with Gasteiger partial charge in [-0.05, 0) is 31.2 Å². The van der Waals surface area contributed by atoms with Crippen molar-refractivity contribution in [3.8, 4) is 5.75 Å². The fourth-order valence-electron chi connectivity index (χ4n) is 2.09. The molecule has 6 heteroatoms. The maximum Gasteiger partial charge on any atom is 0.285 e. The summed E-state index contributed by atoms with van der Waals surface area (Å²) in [6, 6.07) is 8.47. The molecular weight excluding hydrogens is 270 g/mol. The largest absolute Gasteiger partial charge is 0.506 e. The quantitative estimate of drug-likeness (QED) is 0.754. The molecule has 6 nitrogen and oxygen atoms in total. The number of hydrogen-bond donors (Lipinski definition) is 1. The lowest BCUT2D eigenvalue weighted by atomic mass is 10.1. The molecule has 0 atom stereocenters. The summed E-state index contributed by atoms with van der Waals surface area (Å²) in [4.78, 5) is 16.5. The molecular formula is C15H13N3O3. The monoisotopic (exact) mass is 283 g/mol. The summed E-state index contributed by atoms with van der Waals surface area (Å²) in [7, 11) is 1.56. The number of aryl methyl sites for hydroxylation is 1. The highest BCUT2D eigenvalue weighted by Gasteiger charge is 2.08. The normalized spacial score (nSPS) is 12.5. The van der Waals surface area contributed by atoms with Crippen LogP contribution in [0.25, 0.3) is 11.4 Å². The van der Waals surface area contributed by atoms with E-state index in [1.807, 2.05) is 0 Å². The average Bonchev–Trinajstić information content (AvgIpc) is 2.89. The zero-order valence-electron chi connectivity index (χ0n) is 11.6. The topological polar surface area (TPSA) is 76.7 Å². The second-order valence-corrected chi connectivity index (χ2v) is 4.61. The Labute approximate surface area is 119 Å². The molecule has 0 fully saturated rings. The summed E-state index contributed by atoms with van der Waals surface area (Å²) in [5.74, 6) is 0.537. The molecule has 0 aliphatic heterocycles. The zero-order chi connectivity index (χ0) is 15.0. The standard InChI is InChI=1S/C15H13N3O3/c1-9-7-13-16-8-12(15(20)18(13)17-9)14(19)10-3-5-11(21-2)6-4-10/h3-8,19H,1-2H3/b14-12-. The van der Waals surface area contributed by atoms with Gasteiger partial charge in [-0.2, -0.15) is 9.61 Å². The molecule has 0 saturated carbocycles. The number of aromatic nitrogens is 3. The lowest BCUT2D eigenvalue weighted by Crippen LogP contribution is -2.34. The van der Waals surface area contributed by atoms with Gasteiger partial charge in [-0.25, -0.2) is 4.98 Å². The fraction of sp³-hybridized carbons (Fsp3) is 0.133. The molecule has 1 N–H and O–H groups in total. The van der Waals surface area contributed by atoms with Crippen LogP contribution in [0.5, 0.6) is 5.75 Å². The van der Waals surface area contributed by atoms with Crippen LogP contribution in [-0.2, 0) is 0 Å². The van der Waals surface area contributed by atoms with Gasteiger partial charge < -0.3 is 9.84 Å². The Morgan fingerprint density at radius 1 is 1.29 bits per heavy atom. The van der Waals surface area contributed by atoms with Crippen molar-refractivity contribution in [3.05, 3.63) is 63.4 Å². The van der Waals surface area contributed by atoms with Crippen LogP contribution in [0.1, 0.15) is 11.3 Å². The Bertz CT molecular complexity index is 914. The van der Waals surface area contributed by atoms with Crippen molar-refractivity contribution in [3.63, 3.8) is 0 Å². The second-order valence-electron chi connectivity index (χ2n) is 4.61.